The van der Waals surface area contributed by atoms with Crippen molar-refractivity contribution in [3.63, 3.8) is 0 Å². The molecule has 3 heterocycles. The van der Waals surface area contributed by atoms with Gasteiger partial charge in [-0.05, 0) is 51.7 Å². The van der Waals surface area contributed by atoms with Gasteiger partial charge >= 0.3 is 0 Å². The number of hydrogen-bond donors (Lipinski definition) is 0. The second kappa shape index (κ2) is 8.49. The lowest BCUT2D eigenvalue weighted by Gasteiger charge is -2.38. The highest BCUT2D eigenvalue weighted by molar-refractivity contribution is 7.88. The predicted octanol–water partition coefficient (Wildman–Crippen LogP) is 1.03. The lowest BCUT2D eigenvalue weighted by atomic mass is 10.1. The second-order valence-electron chi connectivity index (χ2n) is 7.19. The van der Waals surface area contributed by atoms with Crippen LogP contribution in [0.15, 0.2) is 17.0 Å². The molecule has 0 radical (unpaired) electrons. The summed E-state index contributed by atoms with van der Waals surface area (Å²) in [6.45, 7) is 4.67. The molecule has 8 nitrogen and oxygen atoms in total. The maximum Gasteiger partial charge on any atom is 0.291 e. The van der Waals surface area contributed by atoms with Gasteiger partial charge in [-0.25, -0.2) is 13.4 Å². The molecule has 2 saturated heterocycles. The molecule has 1 unspecified atom stereocenters. The monoisotopic (exact) mass is 384 g/mol. The van der Waals surface area contributed by atoms with Crippen molar-refractivity contribution >= 4 is 15.9 Å². The van der Waals surface area contributed by atoms with Gasteiger partial charge in [0.05, 0.1) is 12.5 Å². The molecule has 1 atom stereocenters. The van der Waals surface area contributed by atoms with E-state index in [-0.39, 0.29) is 17.7 Å². The van der Waals surface area contributed by atoms with E-state index in [0.29, 0.717) is 19.6 Å². The van der Waals surface area contributed by atoms with E-state index in [1.165, 1.54) is 31.7 Å². The molecule has 0 bridgehead atoms. The molecule has 0 saturated carbocycles. The van der Waals surface area contributed by atoms with Crippen LogP contribution >= 0.6 is 0 Å². The van der Waals surface area contributed by atoms with Crippen LogP contribution in [0.1, 0.15) is 42.7 Å². The first-order valence-corrected chi connectivity index (χ1v) is 11.2. The topological polar surface area (TPSA) is 87.0 Å². The fraction of sp³-hybridized carbons (Fsp3) is 0.765. The van der Waals surface area contributed by atoms with Crippen molar-refractivity contribution < 1.29 is 17.6 Å². The highest BCUT2D eigenvalue weighted by Gasteiger charge is 2.33. The van der Waals surface area contributed by atoms with Gasteiger partial charge in [-0.2, -0.15) is 4.31 Å². The molecular weight excluding hydrogens is 356 g/mol. The van der Waals surface area contributed by atoms with Gasteiger partial charge in [0.15, 0.2) is 6.39 Å². The van der Waals surface area contributed by atoms with E-state index in [1.54, 1.807) is 9.21 Å². The van der Waals surface area contributed by atoms with E-state index in [0.717, 1.165) is 38.9 Å². The number of piperidine rings is 1. The summed E-state index contributed by atoms with van der Waals surface area (Å²) in [5, 5.41) is 0. The van der Waals surface area contributed by atoms with Crippen LogP contribution in [-0.4, -0.2) is 85.0 Å². The Hall–Kier alpha value is -1.45. The number of rotatable bonds is 7. The number of nitrogens with zero attached hydrogens (tertiary/aromatic N) is 4. The number of hydrogen-bond acceptors (Lipinski definition) is 6. The van der Waals surface area contributed by atoms with Gasteiger partial charge in [-0.3, -0.25) is 4.79 Å². The average molecular weight is 385 g/mol. The first-order valence-electron chi connectivity index (χ1n) is 9.32. The molecule has 9 heteroatoms. The third-order valence-corrected chi connectivity index (χ3v) is 6.54. The average Bonchev–Trinajstić information content (AvgIpc) is 3.30. The van der Waals surface area contributed by atoms with Gasteiger partial charge in [0.2, 0.25) is 15.8 Å². The van der Waals surface area contributed by atoms with E-state index < -0.39 is 10.0 Å². The highest BCUT2D eigenvalue weighted by Crippen LogP contribution is 2.21. The molecule has 0 spiro atoms. The normalized spacial score (nSPS) is 22.2. The first-order chi connectivity index (χ1) is 12.4. The van der Waals surface area contributed by atoms with Crippen LogP contribution in [-0.2, 0) is 10.0 Å². The van der Waals surface area contributed by atoms with Crippen LogP contribution in [0.2, 0.25) is 0 Å². The molecule has 0 N–H and O–H groups in total. The zero-order valence-corrected chi connectivity index (χ0v) is 16.2. The fourth-order valence-electron chi connectivity index (χ4n) is 3.93. The number of oxazole rings is 1. The molecule has 0 aromatic carbocycles. The van der Waals surface area contributed by atoms with Gasteiger partial charge in [0.25, 0.3) is 5.91 Å². The molecule has 0 aliphatic carbocycles. The van der Waals surface area contributed by atoms with Crippen LogP contribution in [0, 0.1) is 0 Å². The quantitative estimate of drug-likeness (QED) is 0.698. The van der Waals surface area contributed by atoms with Crippen molar-refractivity contribution in [1.82, 2.24) is 19.1 Å². The van der Waals surface area contributed by atoms with Crippen molar-refractivity contribution in [2.45, 2.75) is 38.1 Å². The molecule has 2 aliphatic heterocycles. The highest BCUT2D eigenvalue weighted by atomic mass is 32.2. The smallest absolute Gasteiger partial charge is 0.291 e. The number of sulfonamides is 1. The lowest BCUT2D eigenvalue weighted by molar-refractivity contribution is 0.0621. The van der Waals surface area contributed by atoms with Gasteiger partial charge in [-0.15, -0.1) is 0 Å². The van der Waals surface area contributed by atoms with E-state index >= 15 is 0 Å². The summed E-state index contributed by atoms with van der Waals surface area (Å²) in [6, 6.07) is -0.177. The third-order valence-electron chi connectivity index (χ3n) is 5.21. The Morgan fingerprint density at radius 3 is 2.73 bits per heavy atom. The molecule has 146 valence electrons. The summed E-state index contributed by atoms with van der Waals surface area (Å²) in [5.74, 6) is -0.0247. The summed E-state index contributed by atoms with van der Waals surface area (Å²) < 4.78 is 31.4. The minimum atomic E-state index is -3.32. The van der Waals surface area contributed by atoms with E-state index in [2.05, 4.69) is 9.88 Å². The lowest BCUT2D eigenvalue weighted by Crippen LogP contribution is -2.51. The molecule has 2 fully saturated rings. The van der Waals surface area contributed by atoms with E-state index in [4.69, 9.17) is 4.42 Å². The Bertz CT molecular complexity index is 686. The molecule has 1 amide bonds. The summed E-state index contributed by atoms with van der Waals surface area (Å²) in [4.78, 5) is 20.3. The Kier molecular flexibility index (Phi) is 6.31. The zero-order chi connectivity index (χ0) is 18.6. The van der Waals surface area contributed by atoms with Crippen LogP contribution < -0.4 is 0 Å². The third kappa shape index (κ3) is 4.83. The van der Waals surface area contributed by atoms with E-state index in [9.17, 15) is 13.2 Å². The van der Waals surface area contributed by atoms with E-state index in [1.807, 2.05) is 0 Å². The van der Waals surface area contributed by atoms with Gasteiger partial charge in [0.1, 0.15) is 0 Å². The summed E-state index contributed by atoms with van der Waals surface area (Å²) in [6.07, 6.45) is 8.74. The largest absolute Gasteiger partial charge is 0.438 e. The maximum atomic E-state index is 12.5. The number of aromatic nitrogens is 1. The molecular formula is C17H28N4O4S. The standard InChI is InChI=1S/C17H28N4O4S/c1-26(23,24)21(11-5-9-19-7-2-3-8-19)15-6-4-10-20(13-15)17(22)16-12-18-14-25-16/h12,14-15H,2-11,13H2,1H3. The van der Waals surface area contributed by atoms with Crippen molar-refractivity contribution in [2.24, 2.45) is 0 Å². The molecule has 3 rings (SSSR count). The Labute approximate surface area is 155 Å². The SMILES string of the molecule is CS(=O)(=O)N(CCCN1CCCC1)C1CCCN(C(=O)c2cnco2)C1. The number of carbonyl (C=O) groups excluding carboxylic acids is 1. The van der Waals surface area contributed by atoms with Crippen LogP contribution in [0.4, 0.5) is 0 Å². The van der Waals surface area contributed by atoms with Gasteiger partial charge in [-0.1, -0.05) is 0 Å². The Balaban J connectivity index is 1.61. The minimum Gasteiger partial charge on any atom is -0.438 e. The van der Waals surface area contributed by atoms with Gasteiger partial charge in [0, 0.05) is 25.7 Å². The Morgan fingerprint density at radius 2 is 2.08 bits per heavy atom. The van der Waals surface area contributed by atoms with Crippen LogP contribution in [0.25, 0.3) is 0 Å². The predicted molar refractivity (Wildman–Crippen MR) is 97.3 cm³/mol. The summed E-state index contributed by atoms with van der Waals surface area (Å²) in [5.41, 5.74) is 0. The van der Waals surface area contributed by atoms with Crippen molar-refractivity contribution in [3.8, 4) is 0 Å². The molecule has 26 heavy (non-hydrogen) atoms. The maximum absolute atomic E-state index is 12.5. The molecule has 1 aromatic rings. The van der Waals surface area contributed by atoms with Crippen molar-refractivity contribution in [2.75, 3.05) is 45.5 Å². The number of likely N-dealkylation sites (tertiary alicyclic amines) is 2. The van der Waals surface area contributed by atoms with Gasteiger partial charge < -0.3 is 14.2 Å². The first kappa shape index (κ1) is 19.3. The number of carbonyl (C=O) groups is 1. The summed E-state index contributed by atoms with van der Waals surface area (Å²) in [7, 11) is -3.32. The second-order valence-corrected chi connectivity index (χ2v) is 9.12. The minimum absolute atomic E-state index is 0.177. The zero-order valence-electron chi connectivity index (χ0n) is 15.3. The molecule has 1 aromatic heterocycles. The number of amides is 1. The van der Waals surface area contributed by atoms with Crippen molar-refractivity contribution in [1.29, 1.82) is 0 Å². The van der Waals surface area contributed by atoms with Crippen molar-refractivity contribution in [3.05, 3.63) is 18.4 Å². The Morgan fingerprint density at radius 1 is 1.31 bits per heavy atom. The molecule has 2 aliphatic rings. The fourth-order valence-corrected chi connectivity index (χ4v) is 5.10. The van der Waals surface area contributed by atoms with Crippen LogP contribution in [0.5, 0.6) is 0 Å². The van der Waals surface area contributed by atoms with Crippen LogP contribution in [0.3, 0.4) is 0 Å². The summed E-state index contributed by atoms with van der Waals surface area (Å²) >= 11 is 0.